The van der Waals surface area contributed by atoms with Crippen molar-refractivity contribution in [1.82, 2.24) is 10.2 Å². The van der Waals surface area contributed by atoms with E-state index in [1.54, 1.807) is 19.3 Å². The highest BCUT2D eigenvalue weighted by Crippen LogP contribution is 2.40. The van der Waals surface area contributed by atoms with Crippen LogP contribution < -0.4 is 19.5 Å². The lowest BCUT2D eigenvalue weighted by Gasteiger charge is -2.31. The predicted molar refractivity (Wildman–Crippen MR) is 87.1 cm³/mol. The Bertz CT molecular complexity index is 598. The number of ether oxygens (including phenoxy) is 3. The second kappa shape index (κ2) is 6.91. The Kier molecular flexibility index (Phi) is 4.71. The van der Waals surface area contributed by atoms with Gasteiger partial charge in [-0.05, 0) is 30.7 Å². The van der Waals surface area contributed by atoms with Crippen LogP contribution in [0.2, 0.25) is 0 Å². The third-order valence-electron chi connectivity index (χ3n) is 3.95. The summed E-state index contributed by atoms with van der Waals surface area (Å²) in [4.78, 5) is 14.1. The molecule has 1 fully saturated rings. The van der Waals surface area contributed by atoms with Crippen LogP contribution >= 0.6 is 0 Å². The Labute approximate surface area is 136 Å². The molecule has 0 saturated carbocycles. The molecule has 0 bridgehead atoms. The van der Waals surface area contributed by atoms with Crippen molar-refractivity contribution >= 4 is 12.0 Å². The summed E-state index contributed by atoms with van der Waals surface area (Å²) in [5, 5.41) is 3.32. The molecule has 1 amide bonds. The van der Waals surface area contributed by atoms with Crippen molar-refractivity contribution in [3.05, 3.63) is 23.8 Å². The van der Waals surface area contributed by atoms with E-state index < -0.39 is 0 Å². The lowest BCUT2D eigenvalue weighted by Crippen LogP contribution is -2.50. The SMILES string of the molecule is COc1cc(C=CC(=O)N2CCNC(C)C2)cc2c1OCCO2. The van der Waals surface area contributed by atoms with Crippen LogP contribution in [0.3, 0.4) is 0 Å². The molecular weight excluding hydrogens is 296 g/mol. The number of carbonyl (C=O) groups is 1. The molecule has 2 aliphatic heterocycles. The van der Waals surface area contributed by atoms with Gasteiger partial charge < -0.3 is 24.4 Å². The van der Waals surface area contributed by atoms with Gasteiger partial charge in [0.1, 0.15) is 13.2 Å². The smallest absolute Gasteiger partial charge is 0.246 e. The first-order valence-corrected chi connectivity index (χ1v) is 7.85. The van der Waals surface area contributed by atoms with Crippen LogP contribution in [0, 0.1) is 0 Å². The maximum Gasteiger partial charge on any atom is 0.246 e. The number of methoxy groups -OCH3 is 1. The van der Waals surface area contributed by atoms with Crippen LogP contribution in [0.25, 0.3) is 6.08 Å². The molecule has 0 radical (unpaired) electrons. The molecule has 1 aromatic carbocycles. The molecule has 1 unspecified atom stereocenters. The standard InChI is InChI=1S/C17H22N2O4/c1-12-11-19(6-5-18-12)16(20)4-3-13-9-14(21-2)17-15(10-13)22-7-8-23-17/h3-4,9-10,12,18H,5-8,11H2,1-2H3. The van der Waals surface area contributed by atoms with Gasteiger partial charge in [-0.1, -0.05) is 0 Å². The first-order chi connectivity index (χ1) is 11.2. The molecule has 3 rings (SSSR count). The van der Waals surface area contributed by atoms with Gasteiger partial charge in [-0.15, -0.1) is 0 Å². The van der Waals surface area contributed by atoms with E-state index in [9.17, 15) is 4.79 Å². The number of piperazine rings is 1. The minimum absolute atomic E-state index is 0.0206. The lowest BCUT2D eigenvalue weighted by atomic mass is 10.1. The van der Waals surface area contributed by atoms with E-state index in [-0.39, 0.29) is 5.91 Å². The van der Waals surface area contributed by atoms with Gasteiger partial charge in [0, 0.05) is 31.8 Å². The highest BCUT2D eigenvalue weighted by atomic mass is 16.6. The van der Waals surface area contributed by atoms with Crippen LogP contribution in [0.15, 0.2) is 18.2 Å². The minimum atomic E-state index is 0.0206. The Hall–Kier alpha value is -2.21. The molecule has 6 nitrogen and oxygen atoms in total. The van der Waals surface area contributed by atoms with Crippen LogP contribution in [0.4, 0.5) is 0 Å². The minimum Gasteiger partial charge on any atom is -0.493 e. The van der Waals surface area contributed by atoms with Crippen LogP contribution in [-0.4, -0.2) is 56.8 Å². The van der Waals surface area contributed by atoms with Gasteiger partial charge >= 0.3 is 0 Å². The van der Waals surface area contributed by atoms with Crippen molar-refractivity contribution in [3.63, 3.8) is 0 Å². The van der Waals surface area contributed by atoms with Crippen molar-refractivity contribution in [2.75, 3.05) is 40.0 Å². The van der Waals surface area contributed by atoms with Crippen molar-refractivity contribution in [3.8, 4) is 17.2 Å². The zero-order valence-corrected chi connectivity index (χ0v) is 13.5. The summed E-state index contributed by atoms with van der Waals surface area (Å²) in [5.74, 6) is 1.91. The summed E-state index contributed by atoms with van der Waals surface area (Å²) in [6.07, 6.45) is 3.39. The first-order valence-electron chi connectivity index (χ1n) is 7.85. The Morgan fingerprint density at radius 1 is 1.39 bits per heavy atom. The van der Waals surface area contributed by atoms with Crippen molar-refractivity contribution in [2.24, 2.45) is 0 Å². The van der Waals surface area contributed by atoms with Crippen LogP contribution in [0.5, 0.6) is 17.2 Å². The summed E-state index contributed by atoms with van der Waals surface area (Å²) < 4.78 is 16.5. The van der Waals surface area contributed by atoms with E-state index in [1.807, 2.05) is 17.0 Å². The quantitative estimate of drug-likeness (QED) is 0.851. The molecule has 1 aromatic rings. The molecule has 2 heterocycles. The number of rotatable bonds is 3. The summed E-state index contributed by atoms with van der Waals surface area (Å²) in [5.41, 5.74) is 0.850. The number of carbonyl (C=O) groups excluding carboxylic acids is 1. The number of nitrogens with zero attached hydrogens (tertiary/aromatic N) is 1. The molecule has 124 valence electrons. The second-order valence-electron chi connectivity index (χ2n) is 5.72. The highest BCUT2D eigenvalue weighted by Gasteiger charge is 2.20. The van der Waals surface area contributed by atoms with Gasteiger partial charge in [0.15, 0.2) is 11.5 Å². The molecule has 23 heavy (non-hydrogen) atoms. The Balaban J connectivity index is 1.75. The number of hydrogen-bond donors (Lipinski definition) is 1. The molecular formula is C17H22N2O4. The Morgan fingerprint density at radius 3 is 3.00 bits per heavy atom. The fourth-order valence-electron chi connectivity index (χ4n) is 2.80. The molecule has 0 aromatic heterocycles. The van der Waals surface area contributed by atoms with Crippen LogP contribution in [-0.2, 0) is 4.79 Å². The average molecular weight is 318 g/mol. The summed E-state index contributed by atoms with van der Waals surface area (Å²) in [6.45, 7) is 5.40. The number of amides is 1. The van der Waals surface area contributed by atoms with Gasteiger partial charge in [-0.25, -0.2) is 0 Å². The zero-order chi connectivity index (χ0) is 16.2. The normalized spacial score (nSPS) is 20.6. The van der Waals surface area contributed by atoms with E-state index in [1.165, 1.54) is 0 Å². The molecule has 6 heteroatoms. The third-order valence-corrected chi connectivity index (χ3v) is 3.95. The van der Waals surface area contributed by atoms with Crippen molar-refractivity contribution in [2.45, 2.75) is 13.0 Å². The predicted octanol–water partition coefficient (Wildman–Crippen LogP) is 1.30. The maximum absolute atomic E-state index is 12.3. The largest absolute Gasteiger partial charge is 0.493 e. The number of fused-ring (bicyclic) bond motifs is 1. The van der Waals surface area contributed by atoms with Gasteiger partial charge in [0.25, 0.3) is 0 Å². The molecule has 0 aliphatic carbocycles. The molecule has 2 aliphatic rings. The molecule has 1 N–H and O–H groups in total. The number of hydrogen-bond acceptors (Lipinski definition) is 5. The summed E-state index contributed by atoms with van der Waals surface area (Å²) >= 11 is 0. The van der Waals surface area contributed by atoms with Gasteiger partial charge in [0.2, 0.25) is 11.7 Å². The molecule has 1 atom stereocenters. The van der Waals surface area contributed by atoms with Crippen molar-refractivity contribution in [1.29, 1.82) is 0 Å². The van der Waals surface area contributed by atoms with E-state index in [4.69, 9.17) is 14.2 Å². The van der Waals surface area contributed by atoms with E-state index in [0.717, 1.165) is 25.2 Å². The first kappa shape index (κ1) is 15.7. The van der Waals surface area contributed by atoms with E-state index in [0.29, 0.717) is 36.5 Å². The molecule has 1 saturated heterocycles. The van der Waals surface area contributed by atoms with E-state index >= 15 is 0 Å². The Morgan fingerprint density at radius 2 is 2.22 bits per heavy atom. The summed E-state index contributed by atoms with van der Waals surface area (Å²) in [7, 11) is 1.59. The summed E-state index contributed by atoms with van der Waals surface area (Å²) in [6, 6.07) is 4.04. The van der Waals surface area contributed by atoms with Crippen LogP contribution in [0.1, 0.15) is 12.5 Å². The number of benzene rings is 1. The van der Waals surface area contributed by atoms with E-state index in [2.05, 4.69) is 12.2 Å². The third kappa shape index (κ3) is 3.59. The second-order valence-corrected chi connectivity index (χ2v) is 5.72. The topological polar surface area (TPSA) is 60.0 Å². The highest BCUT2D eigenvalue weighted by molar-refractivity contribution is 5.92. The van der Waals surface area contributed by atoms with Gasteiger partial charge in [0.05, 0.1) is 7.11 Å². The van der Waals surface area contributed by atoms with Crippen molar-refractivity contribution < 1.29 is 19.0 Å². The average Bonchev–Trinajstić information content (AvgIpc) is 2.58. The van der Waals surface area contributed by atoms with Gasteiger partial charge in [-0.3, -0.25) is 4.79 Å². The zero-order valence-electron chi connectivity index (χ0n) is 13.5. The maximum atomic E-state index is 12.3. The molecule has 0 spiro atoms. The lowest BCUT2D eigenvalue weighted by molar-refractivity contribution is -0.127. The fourth-order valence-corrected chi connectivity index (χ4v) is 2.80. The van der Waals surface area contributed by atoms with Gasteiger partial charge in [-0.2, -0.15) is 0 Å². The number of nitrogens with one attached hydrogen (secondary N) is 1. The monoisotopic (exact) mass is 318 g/mol. The fraction of sp³-hybridized carbons (Fsp3) is 0.471.